The van der Waals surface area contributed by atoms with E-state index in [2.05, 4.69) is 38.6 Å². The molecule has 20 heavy (non-hydrogen) atoms. The van der Waals surface area contributed by atoms with Crippen molar-refractivity contribution in [1.29, 1.82) is 0 Å². The van der Waals surface area contributed by atoms with Crippen LogP contribution in [0.15, 0.2) is 35.3 Å². The van der Waals surface area contributed by atoms with E-state index in [9.17, 15) is 4.79 Å². The van der Waals surface area contributed by atoms with Crippen molar-refractivity contribution in [2.24, 2.45) is 0 Å². The predicted molar refractivity (Wildman–Crippen MR) is 74.5 cm³/mol. The minimum Gasteiger partial charge on any atom is -0.363 e. The van der Waals surface area contributed by atoms with Crippen LogP contribution < -0.4 is 11.0 Å². The van der Waals surface area contributed by atoms with E-state index in [4.69, 9.17) is 0 Å². The zero-order valence-corrected chi connectivity index (χ0v) is 11.0. The van der Waals surface area contributed by atoms with E-state index < -0.39 is 0 Å². The molecule has 3 aromatic rings. The second-order valence-electron chi connectivity index (χ2n) is 4.33. The summed E-state index contributed by atoms with van der Waals surface area (Å²) in [5, 5.41) is 13.5. The molecule has 0 aliphatic rings. The summed E-state index contributed by atoms with van der Waals surface area (Å²) in [7, 11) is 0. The Labute approximate surface area is 114 Å². The number of aromatic amines is 1. The number of pyridine rings is 1. The number of hydrogen-bond acceptors (Lipinski definition) is 5. The summed E-state index contributed by atoms with van der Waals surface area (Å²) in [6, 6.07) is 7.50. The van der Waals surface area contributed by atoms with Crippen molar-refractivity contribution in [1.82, 2.24) is 24.8 Å². The molecule has 0 atom stereocenters. The highest BCUT2D eigenvalue weighted by Gasteiger charge is 2.04. The summed E-state index contributed by atoms with van der Waals surface area (Å²) in [5.41, 5.74) is 2.32. The highest BCUT2D eigenvalue weighted by Crippen LogP contribution is 2.09. The monoisotopic (exact) mass is 270 g/mol. The number of rotatable bonds is 4. The van der Waals surface area contributed by atoms with Gasteiger partial charge in [-0.2, -0.15) is 9.61 Å². The largest absolute Gasteiger partial charge is 0.364 e. The predicted octanol–water partition coefficient (Wildman–Crippen LogP) is 0.987. The molecule has 0 aliphatic heterocycles. The van der Waals surface area contributed by atoms with Gasteiger partial charge in [-0.15, -0.1) is 5.10 Å². The standard InChI is InChI=1S/C13H14N6O/c1-2-9-4-3-7-14-10(9)8-15-11-5-6-12-16-17-13(20)19(12)18-11/h3-7H,2,8H2,1H3,(H,15,18)(H,17,20). The van der Waals surface area contributed by atoms with E-state index in [-0.39, 0.29) is 5.69 Å². The average molecular weight is 270 g/mol. The molecule has 0 bridgehead atoms. The summed E-state index contributed by atoms with van der Waals surface area (Å²) >= 11 is 0. The zero-order chi connectivity index (χ0) is 13.9. The Balaban J connectivity index is 1.83. The maximum atomic E-state index is 11.4. The van der Waals surface area contributed by atoms with Crippen molar-refractivity contribution in [3.8, 4) is 0 Å². The molecule has 0 aromatic carbocycles. The van der Waals surface area contributed by atoms with Gasteiger partial charge in [0.1, 0.15) is 5.82 Å². The Hall–Kier alpha value is -2.70. The third-order valence-corrected chi connectivity index (χ3v) is 3.08. The Kier molecular flexibility index (Phi) is 3.16. The van der Waals surface area contributed by atoms with Crippen LogP contribution in [0.4, 0.5) is 5.82 Å². The molecule has 0 aliphatic carbocycles. The van der Waals surface area contributed by atoms with Gasteiger partial charge >= 0.3 is 5.69 Å². The number of anilines is 1. The van der Waals surface area contributed by atoms with E-state index in [1.165, 1.54) is 10.1 Å². The van der Waals surface area contributed by atoms with Crippen LogP contribution in [-0.2, 0) is 13.0 Å². The smallest absolute Gasteiger partial charge is 0.363 e. The molecule has 0 unspecified atom stereocenters. The van der Waals surface area contributed by atoms with Gasteiger partial charge in [-0.3, -0.25) is 4.98 Å². The summed E-state index contributed by atoms with van der Waals surface area (Å²) < 4.78 is 1.22. The molecule has 2 N–H and O–H groups in total. The van der Waals surface area contributed by atoms with Crippen molar-refractivity contribution >= 4 is 11.5 Å². The van der Waals surface area contributed by atoms with Crippen LogP contribution >= 0.6 is 0 Å². The van der Waals surface area contributed by atoms with Gasteiger partial charge in [-0.1, -0.05) is 13.0 Å². The molecule has 0 saturated carbocycles. The number of H-pyrrole nitrogens is 1. The van der Waals surface area contributed by atoms with E-state index in [1.807, 2.05) is 6.07 Å². The van der Waals surface area contributed by atoms with Gasteiger partial charge in [0, 0.05) is 6.20 Å². The lowest BCUT2D eigenvalue weighted by Gasteiger charge is -2.08. The van der Waals surface area contributed by atoms with Gasteiger partial charge in [0.05, 0.1) is 12.2 Å². The minimum absolute atomic E-state index is 0.351. The molecule has 7 nitrogen and oxygen atoms in total. The summed E-state index contributed by atoms with van der Waals surface area (Å²) in [6.45, 7) is 2.66. The van der Waals surface area contributed by atoms with E-state index >= 15 is 0 Å². The van der Waals surface area contributed by atoms with Gasteiger partial charge in [0.2, 0.25) is 0 Å². The molecule has 0 radical (unpaired) electrons. The maximum Gasteiger partial charge on any atom is 0.364 e. The third-order valence-electron chi connectivity index (χ3n) is 3.08. The number of nitrogens with zero attached hydrogens (tertiary/aromatic N) is 4. The zero-order valence-electron chi connectivity index (χ0n) is 11.0. The molecule has 0 spiro atoms. The topological polar surface area (TPSA) is 88.0 Å². The van der Waals surface area contributed by atoms with E-state index in [0.29, 0.717) is 18.0 Å². The number of aromatic nitrogens is 5. The van der Waals surface area contributed by atoms with Gasteiger partial charge < -0.3 is 5.32 Å². The fourth-order valence-electron chi connectivity index (χ4n) is 2.02. The quantitative estimate of drug-likeness (QED) is 0.738. The van der Waals surface area contributed by atoms with Crippen LogP contribution in [0.3, 0.4) is 0 Å². The SMILES string of the molecule is CCc1cccnc1CNc1ccc2n[nH]c(=O)n2n1. The van der Waals surface area contributed by atoms with Crippen LogP contribution in [-0.4, -0.2) is 24.8 Å². The lowest BCUT2D eigenvalue weighted by atomic mass is 10.1. The Morgan fingerprint density at radius 3 is 3.10 bits per heavy atom. The molecule has 0 amide bonds. The van der Waals surface area contributed by atoms with E-state index in [1.54, 1.807) is 18.3 Å². The number of fused-ring (bicyclic) bond motifs is 1. The molecule has 102 valence electrons. The van der Waals surface area contributed by atoms with Gasteiger partial charge in [-0.05, 0) is 30.2 Å². The second kappa shape index (κ2) is 5.12. The molecule has 0 saturated heterocycles. The fourth-order valence-corrected chi connectivity index (χ4v) is 2.02. The van der Waals surface area contributed by atoms with Gasteiger partial charge in [-0.25, -0.2) is 9.89 Å². The fraction of sp³-hybridized carbons (Fsp3) is 0.231. The Bertz CT molecular complexity index is 791. The molecule has 3 heterocycles. The van der Waals surface area contributed by atoms with Crippen LogP contribution in [0.2, 0.25) is 0 Å². The maximum absolute atomic E-state index is 11.4. The molecular formula is C13H14N6O. The first-order chi connectivity index (χ1) is 9.78. The lowest BCUT2D eigenvalue weighted by Crippen LogP contribution is -2.14. The van der Waals surface area contributed by atoms with Gasteiger partial charge in [0.15, 0.2) is 5.65 Å². The highest BCUT2D eigenvalue weighted by molar-refractivity contribution is 5.43. The first-order valence-electron chi connectivity index (χ1n) is 6.39. The van der Waals surface area contributed by atoms with Crippen LogP contribution in [0.5, 0.6) is 0 Å². The molecule has 3 aromatic heterocycles. The average Bonchev–Trinajstić information content (AvgIpc) is 2.86. The van der Waals surface area contributed by atoms with Crippen molar-refractivity contribution in [2.45, 2.75) is 19.9 Å². The highest BCUT2D eigenvalue weighted by atomic mass is 16.2. The van der Waals surface area contributed by atoms with Crippen molar-refractivity contribution < 1.29 is 0 Å². The first-order valence-corrected chi connectivity index (χ1v) is 6.39. The van der Waals surface area contributed by atoms with Crippen LogP contribution in [0.1, 0.15) is 18.2 Å². The molecular weight excluding hydrogens is 256 g/mol. The molecule has 7 heteroatoms. The number of nitrogens with one attached hydrogen (secondary N) is 2. The summed E-state index contributed by atoms with van der Waals surface area (Å²) in [4.78, 5) is 15.8. The second-order valence-corrected chi connectivity index (χ2v) is 4.33. The van der Waals surface area contributed by atoms with Crippen molar-refractivity contribution in [3.05, 3.63) is 52.2 Å². The van der Waals surface area contributed by atoms with Gasteiger partial charge in [0.25, 0.3) is 0 Å². The van der Waals surface area contributed by atoms with Crippen LogP contribution in [0, 0.1) is 0 Å². The Morgan fingerprint density at radius 2 is 2.25 bits per heavy atom. The molecule has 0 fully saturated rings. The number of hydrogen-bond donors (Lipinski definition) is 2. The Morgan fingerprint density at radius 1 is 1.35 bits per heavy atom. The van der Waals surface area contributed by atoms with Crippen LogP contribution in [0.25, 0.3) is 5.65 Å². The third kappa shape index (κ3) is 2.25. The normalized spacial score (nSPS) is 10.8. The molecule has 3 rings (SSSR count). The minimum atomic E-state index is -0.351. The van der Waals surface area contributed by atoms with E-state index in [0.717, 1.165) is 12.1 Å². The van der Waals surface area contributed by atoms with Crippen molar-refractivity contribution in [2.75, 3.05) is 5.32 Å². The number of aryl methyl sites for hydroxylation is 1. The summed E-state index contributed by atoms with van der Waals surface area (Å²) in [6.07, 6.45) is 2.70. The lowest BCUT2D eigenvalue weighted by molar-refractivity contribution is 0.869. The van der Waals surface area contributed by atoms with Crippen molar-refractivity contribution in [3.63, 3.8) is 0 Å². The summed E-state index contributed by atoms with van der Waals surface area (Å²) in [5.74, 6) is 0.605. The first kappa shape index (κ1) is 12.3.